The van der Waals surface area contributed by atoms with Gasteiger partial charge in [-0.1, -0.05) is 18.2 Å². The van der Waals surface area contributed by atoms with Crippen molar-refractivity contribution < 1.29 is 23.8 Å². The zero-order valence-corrected chi connectivity index (χ0v) is 17.6. The summed E-state index contributed by atoms with van der Waals surface area (Å²) in [4.78, 5) is 29.3. The average Bonchev–Trinajstić information content (AvgIpc) is 3.18. The molecule has 7 nitrogen and oxygen atoms in total. The molecule has 0 bridgehead atoms. The van der Waals surface area contributed by atoms with E-state index in [1.807, 2.05) is 56.1 Å². The van der Waals surface area contributed by atoms with Gasteiger partial charge in [0, 0.05) is 5.69 Å². The summed E-state index contributed by atoms with van der Waals surface area (Å²) in [5.74, 6) is 1.08. The van der Waals surface area contributed by atoms with Crippen molar-refractivity contribution in [2.75, 3.05) is 51.6 Å². The number of anilines is 1. The fraction of sp³-hybridized carbons (Fsp3) is 0.455. The Kier molecular flexibility index (Phi) is 7.06. The molecule has 1 aromatic carbocycles. The lowest BCUT2D eigenvalue weighted by molar-refractivity contribution is -0.896. The summed E-state index contributed by atoms with van der Waals surface area (Å²) >= 11 is 0. The number of carbonyl (C=O) groups is 2. The van der Waals surface area contributed by atoms with E-state index in [0.717, 1.165) is 40.6 Å². The van der Waals surface area contributed by atoms with E-state index in [1.54, 1.807) is 6.26 Å². The first-order valence-corrected chi connectivity index (χ1v) is 10.2. The van der Waals surface area contributed by atoms with E-state index in [1.165, 1.54) is 4.90 Å². The molecule has 1 aliphatic rings. The molecule has 29 heavy (non-hydrogen) atoms. The Labute approximate surface area is 172 Å². The zero-order chi connectivity index (χ0) is 20.8. The fourth-order valence-electron chi connectivity index (χ4n) is 3.81. The molecule has 0 aliphatic carbocycles. The minimum Gasteiger partial charge on any atom is -0.463 e. The number of quaternary nitrogens is 2. The van der Waals surface area contributed by atoms with Crippen molar-refractivity contribution in [2.45, 2.75) is 20.4 Å². The largest absolute Gasteiger partial charge is 0.463 e. The van der Waals surface area contributed by atoms with Crippen LogP contribution in [-0.4, -0.2) is 63.0 Å². The van der Waals surface area contributed by atoms with E-state index >= 15 is 0 Å². The van der Waals surface area contributed by atoms with Crippen molar-refractivity contribution >= 4 is 17.5 Å². The number of hydrogen-bond acceptors (Lipinski definition) is 3. The highest BCUT2D eigenvalue weighted by molar-refractivity contribution is 5.93. The van der Waals surface area contributed by atoms with Gasteiger partial charge >= 0.3 is 0 Å². The zero-order valence-electron chi connectivity index (χ0n) is 17.6. The Hall–Kier alpha value is -2.64. The Morgan fingerprint density at radius 3 is 2.45 bits per heavy atom. The lowest BCUT2D eigenvalue weighted by atomic mass is 10.1. The van der Waals surface area contributed by atoms with Gasteiger partial charge in [0.25, 0.3) is 11.8 Å². The quantitative estimate of drug-likeness (QED) is 0.574. The Balaban J connectivity index is 1.41. The highest BCUT2D eigenvalue weighted by Gasteiger charge is 2.27. The molecule has 0 spiro atoms. The molecule has 1 atom stereocenters. The molecule has 0 radical (unpaired) electrons. The second-order valence-corrected chi connectivity index (χ2v) is 8.01. The van der Waals surface area contributed by atoms with E-state index in [-0.39, 0.29) is 11.8 Å². The molecule has 7 heteroatoms. The van der Waals surface area contributed by atoms with Crippen LogP contribution in [0.25, 0.3) is 0 Å². The molecule has 2 heterocycles. The first-order valence-electron chi connectivity index (χ1n) is 10.2. The summed E-state index contributed by atoms with van der Waals surface area (Å²) in [6, 6.07) is 9.80. The highest BCUT2D eigenvalue weighted by atomic mass is 16.3. The van der Waals surface area contributed by atoms with Gasteiger partial charge in [-0.2, -0.15) is 0 Å². The Bertz CT molecular complexity index is 806. The maximum absolute atomic E-state index is 12.6. The average molecular weight is 401 g/mol. The topological polar surface area (TPSA) is 71.4 Å². The van der Waals surface area contributed by atoms with Gasteiger partial charge in [-0.15, -0.1) is 0 Å². The van der Waals surface area contributed by atoms with Crippen molar-refractivity contribution in [3.05, 3.63) is 53.5 Å². The summed E-state index contributed by atoms with van der Waals surface area (Å²) < 4.78 is 5.35. The molecular formula is C22H32N4O3+2. The molecule has 1 aromatic heterocycles. The molecule has 3 rings (SSSR count). The van der Waals surface area contributed by atoms with E-state index in [9.17, 15) is 9.59 Å². The minimum atomic E-state index is 0.0276. The van der Waals surface area contributed by atoms with Crippen LogP contribution in [0, 0.1) is 13.8 Å². The number of amides is 2. The van der Waals surface area contributed by atoms with E-state index in [0.29, 0.717) is 32.7 Å². The summed E-state index contributed by atoms with van der Waals surface area (Å²) in [5.41, 5.74) is 3.06. The normalized spacial score (nSPS) is 15.9. The fourth-order valence-corrected chi connectivity index (χ4v) is 3.81. The van der Waals surface area contributed by atoms with E-state index < -0.39 is 0 Å². The van der Waals surface area contributed by atoms with Gasteiger partial charge in [0.05, 0.1) is 39.5 Å². The molecule has 1 saturated heterocycles. The van der Waals surface area contributed by atoms with Crippen LogP contribution in [0.15, 0.2) is 41.0 Å². The number of benzene rings is 1. The number of hydrogen-bond donors (Lipinski definition) is 3. The number of para-hydroxylation sites is 1. The molecule has 3 N–H and O–H groups in total. The van der Waals surface area contributed by atoms with Crippen LogP contribution in [0.2, 0.25) is 0 Å². The number of piperazine rings is 1. The van der Waals surface area contributed by atoms with Crippen LogP contribution in [0.5, 0.6) is 0 Å². The Morgan fingerprint density at radius 1 is 1.14 bits per heavy atom. The number of nitrogens with one attached hydrogen (secondary N) is 3. The number of likely N-dealkylation sites (N-methyl/N-ethyl adjacent to an activating group) is 1. The molecule has 1 unspecified atom stereocenters. The predicted molar refractivity (Wildman–Crippen MR) is 111 cm³/mol. The van der Waals surface area contributed by atoms with Crippen molar-refractivity contribution in [3.8, 4) is 0 Å². The molecule has 2 amide bonds. The van der Waals surface area contributed by atoms with Crippen molar-refractivity contribution in [1.29, 1.82) is 0 Å². The van der Waals surface area contributed by atoms with Crippen LogP contribution in [-0.2, 0) is 16.1 Å². The third-order valence-electron chi connectivity index (χ3n) is 5.49. The minimum absolute atomic E-state index is 0.0276. The first kappa shape index (κ1) is 21.1. The first-order chi connectivity index (χ1) is 13.9. The molecular weight excluding hydrogens is 368 g/mol. The van der Waals surface area contributed by atoms with Gasteiger partial charge in [0.1, 0.15) is 6.54 Å². The standard InChI is InChI=1S/C22H30N4O3/c1-17-6-4-7-18(2)22(17)23-20(27)15-25-9-11-26(12-10-25)21(28)16-24(3)14-19-8-5-13-29-19/h4-8,13H,9-12,14-16H2,1-3H3,(H,23,27)/p+2. The van der Waals surface area contributed by atoms with Crippen molar-refractivity contribution in [3.63, 3.8) is 0 Å². The molecule has 1 fully saturated rings. The maximum atomic E-state index is 12.6. The molecule has 1 aliphatic heterocycles. The number of carbonyl (C=O) groups excluding carboxylic acids is 2. The van der Waals surface area contributed by atoms with Gasteiger partial charge in [0.15, 0.2) is 18.8 Å². The van der Waals surface area contributed by atoms with Gasteiger partial charge in [0.2, 0.25) is 0 Å². The van der Waals surface area contributed by atoms with Crippen LogP contribution in [0.3, 0.4) is 0 Å². The van der Waals surface area contributed by atoms with Crippen molar-refractivity contribution in [2.24, 2.45) is 0 Å². The second-order valence-electron chi connectivity index (χ2n) is 8.01. The Morgan fingerprint density at radius 2 is 1.83 bits per heavy atom. The van der Waals surface area contributed by atoms with Gasteiger partial charge < -0.3 is 24.4 Å². The van der Waals surface area contributed by atoms with Crippen LogP contribution in [0.4, 0.5) is 5.69 Å². The highest BCUT2D eigenvalue weighted by Crippen LogP contribution is 2.18. The van der Waals surface area contributed by atoms with Gasteiger partial charge in [-0.05, 0) is 37.1 Å². The van der Waals surface area contributed by atoms with E-state index in [4.69, 9.17) is 4.42 Å². The summed E-state index contributed by atoms with van der Waals surface area (Å²) in [5, 5.41) is 3.05. The van der Waals surface area contributed by atoms with Gasteiger partial charge in [-0.25, -0.2) is 0 Å². The molecule has 156 valence electrons. The summed E-state index contributed by atoms with van der Waals surface area (Å²) in [7, 11) is 2.00. The third kappa shape index (κ3) is 5.92. The lowest BCUT2D eigenvalue weighted by Gasteiger charge is -2.32. The number of furan rings is 1. The third-order valence-corrected chi connectivity index (χ3v) is 5.49. The number of rotatable bonds is 7. The summed E-state index contributed by atoms with van der Waals surface area (Å²) in [6.45, 7) is 8.56. The smallest absolute Gasteiger partial charge is 0.279 e. The van der Waals surface area contributed by atoms with Gasteiger partial charge in [-0.3, -0.25) is 9.59 Å². The maximum Gasteiger partial charge on any atom is 0.279 e. The number of aryl methyl sites for hydroxylation is 2. The van der Waals surface area contributed by atoms with Crippen LogP contribution >= 0.6 is 0 Å². The number of nitrogens with zero attached hydrogens (tertiary/aromatic N) is 1. The lowest BCUT2D eigenvalue weighted by Crippen LogP contribution is -3.16. The molecule has 2 aromatic rings. The van der Waals surface area contributed by atoms with Crippen molar-refractivity contribution in [1.82, 2.24) is 4.90 Å². The monoisotopic (exact) mass is 400 g/mol. The SMILES string of the molecule is Cc1cccc(C)c1NC(=O)C[NH+]1CCN(C(=O)C[NH+](C)Cc2ccco2)CC1. The van der Waals surface area contributed by atoms with Crippen LogP contribution in [0.1, 0.15) is 16.9 Å². The van der Waals surface area contributed by atoms with E-state index in [2.05, 4.69) is 5.32 Å². The predicted octanol–water partition coefficient (Wildman–Crippen LogP) is -0.723. The summed E-state index contributed by atoms with van der Waals surface area (Å²) in [6.07, 6.45) is 1.66. The second kappa shape index (κ2) is 9.71. The molecule has 0 saturated carbocycles. The van der Waals surface area contributed by atoms with Crippen LogP contribution < -0.4 is 15.1 Å².